The van der Waals surface area contributed by atoms with Gasteiger partial charge >= 0.3 is 0 Å². The summed E-state index contributed by atoms with van der Waals surface area (Å²) in [5.41, 5.74) is 6.88. The van der Waals surface area contributed by atoms with E-state index in [4.69, 9.17) is 17.3 Å². The summed E-state index contributed by atoms with van der Waals surface area (Å²) in [5, 5.41) is 3.74. The molecule has 0 heterocycles. The highest BCUT2D eigenvalue weighted by Crippen LogP contribution is 2.26. The lowest BCUT2D eigenvalue weighted by Gasteiger charge is -2.27. The minimum atomic E-state index is -0.0700. The van der Waals surface area contributed by atoms with Crippen LogP contribution >= 0.6 is 24.0 Å². The molecule has 0 saturated heterocycles. The summed E-state index contributed by atoms with van der Waals surface area (Å²) in [6.45, 7) is 1.96. The van der Waals surface area contributed by atoms with Crippen LogP contribution < -0.4 is 11.1 Å². The minimum Gasteiger partial charge on any atom is -0.349 e. The van der Waals surface area contributed by atoms with Gasteiger partial charge in [0, 0.05) is 17.0 Å². The number of rotatable bonds is 3. The lowest BCUT2D eigenvalue weighted by Crippen LogP contribution is -2.38. The Kier molecular flexibility index (Phi) is 6.80. The molecule has 1 aromatic rings. The first kappa shape index (κ1) is 17.3. The highest BCUT2D eigenvalue weighted by atomic mass is 35.5. The molecule has 112 valence electrons. The summed E-state index contributed by atoms with van der Waals surface area (Å²) in [4.78, 5) is 12.2. The van der Waals surface area contributed by atoms with E-state index in [1.54, 1.807) is 0 Å². The number of amides is 1. The van der Waals surface area contributed by atoms with Crippen LogP contribution in [0.15, 0.2) is 24.3 Å². The van der Waals surface area contributed by atoms with Gasteiger partial charge in [0.25, 0.3) is 0 Å². The lowest BCUT2D eigenvalue weighted by atomic mass is 9.85. The van der Waals surface area contributed by atoms with Gasteiger partial charge in [-0.25, -0.2) is 0 Å². The third-order valence-corrected chi connectivity index (χ3v) is 4.16. The molecule has 1 fully saturated rings. The second kappa shape index (κ2) is 7.87. The van der Waals surface area contributed by atoms with E-state index in [1.807, 2.05) is 31.2 Å². The topological polar surface area (TPSA) is 55.1 Å². The molecule has 5 heteroatoms. The molecule has 1 aliphatic carbocycles. The van der Waals surface area contributed by atoms with Crippen molar-refractivity contribution in [1.82, 2.24) is 5.32 Å². The molecule has 3 unspecified atom stereocenters. The Hall–Kier alpha value is -0.770. The molecule has 0 radical (unpaired) electrons. The predicted molar refractivity (Wildman–Crippen MR) is 85.2 cm³/mol. The Morgan fingerprint density at radius 3 is 2.75 bits per heavy atom. The Labute approximate surface area is 131 Å². The zero-order valence-electron chi connectivity index (χ0n) is 11.6. The molecule has 0 aliphatic heterocycles. The number of hydrogen-bond acceptors (Lipinski definition) is 2. The quantitative estimate of drug-likeness (QED) is 0.897. The fourth-order valence-electron chi connectivity index (χ4n) is 2.70. The van der Waals surface area contributed by atoms with E-state index in [-0.39, 0.29) is 36.3 Å². The molecule has 3 atom stereocenters. The van der Waals surface area contributed by atoms with Crippen LogP contribution in [0.5, 0.6) is 0 Å². The van der Waals surface area contributed by atoms with E-state index >= 15 is 0 Å². The number of nitrogens with two attached hydrogens (primary N) is 1. The van der Waals surface area contributed by atoms with Crippen LogP contribution in [0.25, 0.3) is 0 Å². The van der Waals surface area contributed by atoms with Gasteiger partial charge in [-0.2, -0.15) is 0 Å². The zero-order valence-corrected chi connectivity index (χ0v) is 13.2. The SMILES string of the molecule is CC(NC(=O)C1CCCC(N)C1)c1ccccc1Cl.Cl. The zero-order chi connectivity index (χ0) is 13.8. The van der Waals surface area contributed by atoms with Crippen molar-refractivity contribution in [3.63, 3.8) is 0 Å². The number of benzene rings is 1. The van der Waals surface area contributed by atoms with Crippen molar-refractivity contribution in [2.45, 2.75) is 44.7 Å². The Bertz CT molecular complexity index is 453. The fraction of sp³-hybridized carbons (Fsp3) is 0.533. The normalized spacial score (nSPS) is 23.6. The summed E-state index contributed by atoms with van der Waals surface area (Å²) in [7, 11) is 0. The molecular weight excluding hydrogens is 295 g/mol. The van der Waals surface area contributed by atoms with Crippen LogP contribution in [0.3, 0.4) is 0 Å². The van der Waals surface area contributed by atoms with Gasteiger partial charge < -0.3 is 11.1 Å². The first-order chi connectivity index (χ1) is 9.08. The molecule has 1 saturated carbocycles. The molecule has 0 aromatic heterocycles. The highest BCUT2D eigenvalue weighted by molar-refractivity contribution is 6.31. The van der Waals surface area contributed by atoms with E-state index in [0.29, 0.717) is 5.02 Å². The maximum Gasteiger partial charge on any atom is 0.223 e. The first-order valence-electron chi connectivity index (χ1n) is 6.88. The highest BCUT2D eigenvalue weighted by Gasteiger charge is 2.26. The monoisotopic (exact) mass is 316 g/mol. The number of nitrogens with one attached hydrogen (secondary N) is 1. The second-order valence-electron chi connectivity index (χ2n) is 5.38. The number of hydrogen-bond donors (Lipinski definition) is 2. The molecular formula is C15H22Cl2N2O. The summed E-state index contributed by atoms with van der Waals surface area (Å²) in [6.07, 6.45) is 3.80. The smallest absolute Gasteiger partial charge is 0.223 e. The molecule has 1 amide bonds. The van der Waals surface area contributed by atoms with Crippen molar-refractivity contribution in [3.05, 3.63) is 34.9 Å². The van der Waals surface area contributed by atoms with E-state index in [1.165, 1.54) is 0 Å². The molecule has 2 rings (SSSR count). The van der Waals surface area contributed by atoms with Gasteiger partial charge in [0.2, 0.25) is 5.91 Å². The van der Waals surface area contributed by atoms with Gasteiger partial charge in [0.05, 0.1) is 6.04 Å². The molecule has 0 bridgehead atoms. The van der Waals surface area contributed by atoms with Crippen molar-refractivity contribution >= 4 is 29.9 Å². The summed E-state index contributed by atoms with van der Waals surface area (Å²) in [6, 6.07) is 7.70. The maximum absolute atomic E-state index is 12.2. The standard InChI is InChI=1S/C15H21ClN2O.ClH/c1-10(13-7-2-3-8-14(13)16)18-15(19)11-5-4-6-12(17)9-11;/h2-3,7-8,10-12H,4-6,9,17H2,1H3,(H,18,19);1H. The van der Waals surface area contributed by atoms with E-state index < -0.39 is 0 Å². The maximum atomic E-state index is 12.2. The van der Waals surface area contributed by atoms with Crippen LogP contribution in [-0.4, -0.2) is 11.9 Å². The third kappa shape index (κ3) is 4.37. The second-order valence-corrected chi connectivity index (χ2v) is 5.78. The van der Waals surface area contributed by atoms with Crippen molar-refractivity contribution in [2.24, 2.45) is 11.7 Å². The molecule has 20 heavy (non-hydrogen) atoms. The van der Waals surface area contributed by atoms with Gasteiger partial charge in [-0.15, -0.1) is 12.4 Å². The van der Waals surface area contributed by atoms with E-state index in [0.717, 1.165) is 31.2 Å². The number of carbonyl (C=O) groups excluding carboxylic acids is 1. The lowest BCUT2D eigenvalue weighted by molar-refractivity contribution is -0.126. The molecule has 0 spiro atoms. The van der Waals surface area contributed by atoms with Crippen molar-refractivity contribution < 1.29 is 4.79 Å². The van der Waals surface area contributed by atoms with Gasteiger partial charge in [-0.05, 0) is 37.8 Å². The average molecular weight is 317 g/mol. The summed E-state index contributed by atoms with van der Waals surface area (Å²) < 4.78 is 0. The first-order valence-corrected chi connectivity index (χ1v) is 7.26. The Morgan fingerprint density at radius 2 is 2.10 bits per heavy atom. The van der Waals surface area contributed by atoms with Crippen LogP contribution in [0.4, 0.5) is 0 Å². The predicted octanol–water partition coefficient (Wildman–Crippen LogP) is 3.46. The average Bonchev–Trinajstić information content (AvgIpc) is 2.39. The number of carbonyl (C=O) groups is 1. The van der Waals surface area contributed by atoms with E-state index in [9.17, 15) is 4.79 Å². The Balaban J connectivity index is 0.00000200. The van der Waals surface area contributed by atoms with Crippen molar-refractivity contribution in [3.8, 4) is 0 Å². The Morgan fingerprint density at radius 1 is 1.40 bits per heavy atom. The largest absolute Gasteiger partial charge is 0.349 e. The van der Waals surface area contributed by atoms with Crippen LogP contribution in [0.2, 0.25) is 5.02 Å². The van der Waals surface area contributed by atoms with Crippen molar-refractivity contribution in [2.75, 3.05) is 0 Å². The van der Waals surface area contributed by atoms with Crippen molar-refractivity contribution in [1.29, 1.82) is 0 Å². The summed E-state index contributed by atoms with van der Waals surface area (Å²) >= 11 is 6.14. The molecule has 3 N–H and O–H groups in total. The fourth-order valence-corrected chi connectivity index (χ4v) is 3.00. The third-order valence-electron chi connectivity index (χ3n) is 3.82. The minimum absolute atomic E-state index is 0. The molecule has 1 aromatic carbocycles. The van der Waals surface area contributed by atoms with E-state index in [2.05, 4.69) is 5.32 Å². The van der Waals surface area contributed by atoms with Crippen LogP contribution in [0.1, 0.15) is 44.2 Å². The summed E-state index contributed by atoms with van der Waals surface area (Å²) in [5.74, 6) is 0.149. The van der Waals surface area contributed by atoms with Crippen LogP contribution in [0, 0.1) is 5.92 Å². The van der Waals surface area contributed by atoms with Gasteiger partial charge in [0.15, 0.2) is 0 Å². The molecule has 3 nitrogen and oxygen atoms in total. The molecule has 1 aliphatic rings. The van der Waals surface area contributed by atoms with Crippen LogP contribution in [-0.2, 0) is 4.79 Å². The van der Waals surface area contributed by atoms with Gasteiger partial charge in [0.1, 0.15) is 0 Å². The number of halogens is 2. The van der Waals surface area contributed by atoms with Gasteiger partial charge in [-0.1, -0.05) is 36.2 Å². The van der Waals surface area contributed by atoms with Gasteiger partial charge in [-0.3, -0.25) is 4.79 Å².